The molecule has 0 aliphatic heterocycles. The summed E-state index contributed by atoms with van der Waals surface area (Å²) in [5.74, 6) is -1.78. The lowest BCUT2D eigenvalue weighted by molar-refractivity contribution is -0.276. The molecule has 0 N–H and O–H groups in total. The van der Waals surface area contributed by atoms with E-state index in [1.165, 1.54) is 38.5 Å². The summed E-state index contributed by atoms with van der Waals surface area (Å²) >= 11 is 0. The van der Waals surface area contributed by atoms with Crippen LogP contribution in [0.2, 0.25) is 0 Å². The maximum atomic E-state index is 14.0. The van der Waals surface area contributed by atoms with Gasteiger partial charge in [0.05, 0.1) is 0 Å². The Labute approximate surface area is 175 Å². The van der Waals surface area contributed by atoms with Crippen molar-refractivity contribution in [3.05, 3.63) is 41.5 Å². The molecule has 0 spiro atoms. The van der Waals surface area contributed by atoms with Gasteiger partial charge in [0.2, 0.25) is 5.75 Å². The highest BCUT2D eigenvalue weighted by Crippen LogP contribution is 2.41. The van der Waals surface area contributed by atoms with Crippen molar-refractivity contribution < 1.29 is 26.7 Å². The summed E-state index contributed by atoms with van der Waals surface area (Å²) in [5.41, 5.74) is 0.431. The molecule has 1 aromatic carbocycles. The van der Waals surface area contributed by atoms with E-state index in [0.717, 1.165) is 49.7 Å². The van der Waals surface area contributed by atoms with Crippen molar-refractivity contribution in [3.8, 4) is 5.75 Å². The quantitative estimate of drug-likeness (QED) is 0.326. The second-order valence-corrected chi connectivity index (χ2v) is 8.96. The van der Waals surface area contributed by atoms with Gasteiger partial charge in [-0.3, -0.25) is 0 Å². The first kappa shape index (κ1) is 23.1. The highest BCUT2D eigenvalue weighted by Gasteiger charge is 2.34. The van der Waals surface area contributed by atoms with Crippen LogP contribution in [-0.2, 0) is 0 Å². The second-order valence-electron chi connectivity index (χ2n) is 8.96. The van der Waals surface area contributed by atoms with Crippen LogP contribution >= 0.6 is 0 Å². The number of allylic oxidation sites excluding steroid dienone is 2. The highest BCUT2D eigenvalue weighted by atomic mass is 19.4. The molecular weight excluding hydrogens is 399 g/mol. The highest BCUT2D eigenvalue weighted by molar-refractivity contribution is 5.33. The minimum absolute atomic E-state index is 0.0125. The number of rotatable bonds is 6. The lowest BCUT2D eigenvalue weighted by atomic mass is 9.74. The zero-order valence-corrected chi connectivity index (χ0v) is 17.5. The summed E-state index contributed by atoms with van der Waals surface area (Å²) in [6.07, 6.45) is 10.6. The molecule has 2 aliphatic rings. The van der Waals surface area contributed by atoms with Crippen molar-refractivity contribution in [2.24, 2.45) is 17.8 Å². The molecule has 1 nitrogen and oxygen atoms in total. The molecule has 2 fully saturated rings. The van der Waals surface area contributed by atoms with Crippen molar-refractivity contribution >= 4 is 0 Å². The van der Waals surface area contributed by atoms with Gasteiger partial charge in [0, 0.05) is 0 Å². The van der Waals surface area contributed by atoms with Gasteiger partial charge in [-0.15, -0.1) is 13.2 Å². The SMILES string of the molecule is CC=CC1CCC(CCC2CCC(c3cc(F)c(OC(F)(F)F)c(F)c3)CC2)CC1. The van der Waals surface area contributed by atoms with Crippen molar-refractivity contribution in [1.29, 1.82) is 0 Å². The van der Waals surface area contributed by atoms with Crippen molar-refractivity contribution in [1.82, 2.24) is 0 Å². The first-order chi connectivity index (χ1) is 14.2. The Morgan fingerprint density at radius 1 is 0.867 bits per heavy atom. The fourth-order valence-corrected chi connectivity index (χ4v) is 5.23. The molecule has 0 saturated heterocycles. The lowest BCUT2D eigenvalue weighted by Crippen LogP contribution is -2.20. The molecule has 2 saturated carbocycles. The van der Waals surface area contributed by atoms with Crippen LogP contribution in [-0.4, -0.2) is 6.36 Å². The number of hydrogen-bond acceptors (Lipinski definition) is 1. The third-order valence-corrected chi connectivity index (χ3v) is 6.90. The fourth-order valence-electron chi connectivity index (χ4n) is 5.23. The topological polar surface area (TPSA) is 9.23 Å². The van der Waals surface area contributed by atoms with Gasteiger partial charge in [0.1, 0.15) is 0 Å². The average molecular weight is 431 g/mol. The van der Waals surface area contributed by atoms with Gasteiger partial charge < -0.3 is 4.74 Å². The smallest absolute Gasteiger partial charge is 0.399 e. The molecule has 30 heavy (non-hydrogen) atoms. The normalized spacial score (nSPS) is 28.1. The first-order valence-corrected chi connectivity index (χ1v) is 11.1. The largest absolute Gasteiger partial charge is 0.573 e. The van der Waals surface area contributed by atoms with E-state index < -0.39 is 23.7 Å². The maximum absolute atomic E-state index is 14.0. The Bertz CT molecular complexity index is 688. The number of hydrogen-bond donors (Lipinski definition) is 0. The van der Waals surface area contributed by atoms with E-state index in [9.17, 15) is 22.0 Å². The van der Waals surface area contributed by atoms with Crippen molar-refractivity contribution in [2.75, 3.05) is 0 Å². The average Bonchev–Trinajstić information content (AvgIpc) is 2.70. The Morgan fingerprint density at radius 3 is 1.83 bits per heavy atom. The third-order valence-electron chi connectivity index (χ3n) is 6.90. The summed E-state index contributed by atoms with van der Waals surface area (Å²) in [6.45, 7) is 2.08. The van der Waals surface area contributed by atoms with Crippen LogP contribution in [0.4, 0.5) is 22.0 Å². The van der Waals surface area contributed by atoms with Gasteiger partial charge in [-0.25, -0.2) is 8.78 Å². The predicted molar refractivity (Wildman–Crippen MR) is 107 cm³/mol. The molecule has 0 amide bonds. The van der Waals surface area contributed by atoms with Crippen molar-refractivity contribution in [2.45, 2.75) is 83.4 Å². The van der Waals surface area contributed by atoms with Crippen LogP contribution in [0.25, 0.3) is 0 Å². The van der Waals surface area contributed by atoms with Gasteiger partial charge in [-0.2, -0.15) is 0 Å². The van der Waals surface area contributed by atoms with Crippen LogP contribution in [0.3, 0.4) is 0 Å². The van der Waals surface area contributed by atoms with Crippen LogP contribution in [0, 0.1) is 29.4 Å². The van der Waals surface area contributed by atoms with Gasteiger partial charge in [0.15, 0.2) is 11.6 Å². The van der Waals surface area contributed by atoms with E-state index >= 15 is 0 Å². The number of ether oxygens (including phenoxy) is 1. The van der Waals surface area contributed by atoms with Gasteiger partial charge in [-0.1, -0.05) is 25.0 Å². The monoisotopic (exact) mass is 430 g/mol. The van der Waals surface area contributed by atoms with E-state index in [2.05, 4.69) is 23.8 Å². The van der Waals surface area contributed by atoms with Crippen LogP contribution in [0.1, 0.15) is 82.6 Å². The fraction of sp³-hybridized carbons (Fsp3) is 0.667. The molecule has 0 heterocycles. The molecule has 2 aliphatic carbocycles. The van der Waals surface area contributed by atoms with E-state index in [1.807, 2.05) is 0 Å². The summed E-state index contributed by atoms with van der Waals surface area (Å²) in [6, 6.07) is 2.00. The first-order valence-electron chi connectivity index (χ1n) is 11.1. The van der Waals surface area contributed by atoms with E-state index in [4.69, 9.17) is 0 Å². The standard InChI is InChI=1S/C24H31F5O/c1-2-3-16-4-6-17(7-5-16)8-9-18-10-12-19(13-11-18)20-14-21(25)23(22(26)15-20)30-24(27,28)29/h2-3,14-19H,4-13H2,1H3. The molecule has 3 rings (SSSR count). The summed E-state index contributed by atoms with van der Waals surface area (Å²) < 4.78 is 68.4. The Balaban J connectivity index is 1.46. The summed E-state index contributed by atoms with van der Waals surface area (Å²) in [5, 5.41) is 0. The Hall–Kier alpha value is -1.59. The molecule has 1 aromatic rings. The van der Waals surface area contributed by atoms with Crippen LogP contribution in [0.5, 0.6) is 5.75 Å². The Kier molecular flexibility index (Phi) is 7.81. The van der Waals surface area contributed by atoms with Crippen LogP contribution < -0.4 is 4.74 Å². The van der Waals surface area contributed by atoms with E-state index in [0.29, 0.717) is 11.5 Å². The maximum Gasteiger partial charge on any atom is 0.573 e. The second kappa shape index (κ2) is 10.1. The van der Waals surface area contributed by atoms with Crippen LogP contribution in [0.15, 0.2) is 24.3 Å². The third kappa shape index (κ3) is 6.45. The lowest BCUT2D eigenvalue weighted by Gasteiger charge is -2.31. The molecular formula is C24H31F5O. The minimum atomic E-state index is -5.12. The Morgan fingerprint density at radius 2 is 1.37 bits per heavy atom. The summed E-state index contributed by atoms with van der Waals surface area (Å²) in [7, 11) is 0. The number of benzene rings is 1. The van der Waals surface area contributed by atoms with Gasteiger partial charge in [-0.05, 0) is 99.7 Å². The van der Waals surface area contributed by atoms with Gasteiger partial charge in [0.25, 0.3) is 0 Å². The number of alkyl halides is 3. The molecule has 0 unspecified atom stereocenters. The molecule has 0 atom stereocenters. The zero-order chi connectivity index (χ0) is 21.7. The summed E-state index contributed by atoms with van der Waals surface area (Å²) in [4.78, 5) is 0. The van der Waals surface area contributed by atoms with E-state index in [-0.39, 0.29) is 5.92 Å². The van der Waals surface area contributed by atoms with E-state index in [1.54, 1.807) is 0 Å². The van der Waals surface area contributed by atoms with Crippen molar-refractivity contribution in [3.63, 3.8) is 0 Å². The minimum Gasteiger partial charge on any atom is -0.399 e. The van der Waals surface area contributed by atoms with Gasteiger partial charge >= 0.3 is 6.36 Å². The molecule has 0 bridgehead atoms. The predicted octanol–water partition coefficient (Wildman–Crippen LogP) is 8.30. The zero-order valence-electron chi connectivity index (χ0n) is 17.5. The molecule has 0 radical (unpaired) electrons. The molecule has 0 aromatic heterocycles. The molecule has 168 valence electrons. The number of halogens is 5. The molecule has 6 heteroatoms.